The third kappa shape index (κ3) is 5.55. The minimum absolute atomic E-state index is 0. The Hall–Kier alpha value is -1.59. The number of halogens is 1. The molecule has 164 valence electrons. The van der Waals surface area contributed by atoms with Crippen LogP contribution in [-0.4, -0.2) is 78.9 Å². The zero-order valence-corrected chi connectivity index (χ0v) is 20.5. The van der Waals surface area contributed by atoms with E-state index in [9.17, 15) is 4.79 Å². The zero-order chi connectivity index (χ0) is 20.1. The van der Waals surface area contributed by atoms with Crippen LogP contribution in [-0.2, 0) is 13.0 Å². The van der Waals surface area contributed by atoms with E-state index >= 15 is 0 Å². The molecule has 0 aromatic carbocycles. The van der Waals surface area contributed by atoms with Crippen LogP contribution in [0.15, 0.2) is 39.3 Å². The van der Waals surface area contributed by atoms with Gasteiger partial charge in [-0.1, -0.05) is 0 Å². The lowest BCUT2D eigenvalue weighted by atomic mass is 10.1. The maximum absolute atomic E-state index is 12.4. The molecule has 0 unspecified atom stereocenters. The van der Waals surface area contributed by atoms with Crippen molar-refractivity contribution < 1.29 is 9.21 Å². The maximum Gasteiger partial charge on any atom is 0.289 e. The Kier molecular flexibility index (Phi) is 8.58. The summed E-state index contributed by atoms with van der Waals surface area (Å²) in [6.45, 7) is 9.76. The minimum atomic E-state index is -0.0329. The lowest BCUT2D eigenvalue weighted by Crippen LogP contribution is -2.53. The Morgan fingerprint density at radius 1 is 1.20 bits per heavy atom. The molecule has 1 amide bonds. The fraction of sp³-hybridized carbons (Fsp3) is 0.524. The lowest BCUT2D eigenvalue weighted by molar-refractivity contribution is 0.0657. The molecule has 0 bridgehead atoms. The van der Waals surface area contributed by atoms with Crippen LogP contribution in [0.1, 0.15) is 27.9 Å². The van der Waals surface area contributed by atoms with Crippen molar-refractivity contribution in [3.63, 3.8) is 0 Å². The number of amides is 1. The van der Waals surface area contributed by atoms with Crippen molar-refractivity contribution >= 4 is 47.2 Å². The van der Waals surface area contributed by atoms with Crippen molar-refractivity contribution in [1.29, 1.82) is 0 Å². The summed E-state index contributed by atoms with van der Waals surface area (Å²) in [4.78, 5) is 25.4. The number of aliphatic imine (C=N–C) groups is 1. The number of hydrogen-bond donors (Lipinski definition) is 1. The van der Waals surface area contributed by atoms with Crippen molar-refractivity contribution in [1.82, 2.24) is 20.0 Å². The van der Waals surface area contributed by atoms with Gasteiger partial charge in [-0.15, -0.1) is 35.3 Å². The summed E-state index contributed by atoms with van der Waals surface area (Å²) in [7, 11) is 0. The van der Waals surface area contributed by atoms with E-state index in [0.717, 1.165) is 58.2 Å². The van der Waals surface area contributed by atoms with Gasteiger partial charge < -0.3 is 19.5 Å². The van der Waals surface area contributed by atoms with Crippen LogP contribution in [0, 0.1) is 0 Å². The first-order valence-corrected chi connectivity index (χ1v) is 11.3. The highest BCUT2D eigenvalue weighted by Crippen LogP contribution is 2.23. The maximum atomic E-state index is 12.4. The molecule has 30 heavy (non-hydrogen) atoms. The second-order valence-electron chi connectivity index (χ2n) is 7.39. The van der Waals surface area contributed by atoms with E-state index in [1.165, 1.54) is 5.56 Å². The van der Waals surface area contributed by atoms with Crippen LogP contribution in [0.25, 0.3) is 0 Å². The van der Waals surface area contributed by atoms with E-state index in [2.05, 4.69) is 33.5 Å². The average molecular weight is 543 g/mol. The van der Waals surface area contributed by atoms with Gasteiger partial charge in [-0.2, -0.15) is 0 Å². The number of rotatable bonds is 5. The Balaban J connectivity index is 0.00000256. The molecule has 9 heteroatoms. The second kappa shape index (κ2) is 11.1. The van der Waals surface area contributed by atoms with Crippen LogP contribution in [0.2, 0.25) is 0 Å². The summed E-state index contributed by atoms with van der Waals surface area (Å²) < 4.78 is 5.24. The van der Waals surface area contributed by atoms with Crippen molar-refractivity contribution in [2.45, 2.75) is 19.9 Å². The molecule has 0 saturated carbocycles. The first kappa shape index (κ1) is 23.1. The molecule has 1 fully saturated rings. The van der Waals surface area contributed by atoms with Gasteiger partial charge in [0.05, 0.1) is 12.8 Å². The molecule has 4 heterocycles. The van der Waals surface area contributed by atoms with E-state index in [-0.39, 0.29) is 29.9 Å². The van der Waals surface area contributed by atoms with Crippen molar-refractivity contribution in [2.24, 2.45) is 4.99 Å². The number of thiophene rings is 1. The Morgan fingerprint density at radius 3 is 2.73 bits per heavy atom. The number of carbonyl (C=O) groups is 1. The molecular weight excluding hydrogens is 513 g/mol. The van der Waals surface area contributed by atoms with Crippen molar-refractivity contribution in [2.75, 3.05) is 52.4 Å². The topological polar surface area (TPSA) is 64.3 Å². The smallest absolute Gasteiger partial charge is 0.289 e. The number of fused-ring (bicyclic) bond motifs is 1. The summed E-state index contributed by atoms with van der Waals surface area (Å²) in [6.07, 6.45) is 2.70. The average Bonchev–Trinajstić information content (AvgIpc) is 3.44. The van der Waals surface area contributed by atoms with Crippen molar-refractivity contribution in [3.05, 3.63) is 46.0 Å². The molecule has 1 N–H and O–H groups in total. The monoisotopic (exact) mass is 543 g/mol. The molecule has 7 nitrogen and oxygen atoms in total. The standard InChI is InChI=1S/C21H29N5O2S.HI/c1-2-22-21(23-7-9-24-8-5-19-17(16-24)6-15-29-19)26-12-10-25(11-13-26)20(27)18-4-3-14-28-18;/h3-4,6,14-15H,2,5,7-13,16H2,1H3,(H,22,23);1H. The van der Waals surface area contributed by atoms with E-state index in [4.69, 9.17) is 9.41 Å². The molecule has 2 aromatic heterocycles. The number of nitrogens with zero attached hydrogens (tertiary/aromatic N) is 4. The van der Waals surface area contributed by atoms with Crippen LogP contribution in [0.4, 0.5) is 0 Å². The summed E-state index contributed by atoms with van der Waals surface area (Å²) in [6, 6.07) is 5.73. The molecule has 4 rings (SSSR count). The quantitative estimate of drug-likeness (QED) is 0.357. The van der Waals surface area contributed by atoms with Crippen LogP contribution >= 0.6 is 35.3 Å². The van der Waals surface area contributed by atoms with Gasteiger partial charge in [0.1, 0.15) is 0 Å². The molecule has 2 aliphatic heterocycles. The minimum Gasteiger partial charge on any atom is -0.459 e. The molecule has 2 aliphatic rings. The number of carbonyl (C=O) groups excluding carboxylic acids is 1. The highest BCUT2D eigenvalue weighted by molar-refractivity contribution is 14.0. The summed E-state index contributed by atoms with van der Waals surface area (Å²) >= 11 is 1.88. The van der Waals surface area contributed by atoms with Gasteiger partial charge in [-0.25, -0.2) is 0 Å². The van der Waals surface area contributed by atoms with E-state index in [0.29, 0.717) is 18.8 Å². The first-order chi connectivity index (χ1) is 14.2. The third-order valence-corrected chi connectivity index (χ3v) is 6.52. The Labute approximate surface area is 199 Å². The third-order valence-electron chi connectivity index (χ3n) is 5.50. The van der Waals surface area contributed by atoms with Crippen molar-refractivity contribution in [3.8, 4) is 0 Å². The van der Waals surface area contributed by atoms with Crippen LogP contribution in [0.5, 0.6) is 0 Å². The van der Waals surface area contributed by atoms with Gasteiger partial charge in [-0.05, 0) is 42.5 Å². The van der Waals surface area contributed by atoms with Gasteiger partial charge in [0.15, 0.2) is 11.7 Å². The van der Waals surface area contributed by atoms with Gasteiger partial charge >= 0.3 is 0 Å². The van der Waals surface area contributed by atoms with Gasteiger partial charge in [0.25, 0.3) is 5.91 Å². The molecule has 0 radical (unpaired) electrons. The van der Waals surface area contributed by atoms with Crippen LogP contribution < -0.4 is 5.32 Å². The molecule has 0 spiro atoms. The number of nitrogens with one attached hydrogen (secondary N) is 1. The zero-order valence-electron chi connectivity index (χ0n) is 17.4. The van der Waals surface area contributed by atoms with Gasteiger partial charge in [0, 0.05) is 57.2 Å². The number of hydrogen-bond acceptors (Lipinski definition) is 5. The molecule has 2 aromatic rings. The molecule has 0 atom stereocenters. The number of piperazine rings is 1. The van der Waals surface area contributed by atoms with E-state index in [1.807, 2.05) is 16.2 Å². The SMILES string of the molecule is CCNC(=NCCN1CCc2sccc2C1)N1CCN(C(=O)c2ccco2)CC1.I. The predicted octanol–water partition coefficient (Wildman–Crippen LogP) is 2.74. The van der Waals surface area contributed by atoms with Crippen LogP contribution in [0.3, 0.4) is 0 Å². The highest BCUT2D eigenvalue weighted by atomic mass is 127. The number of guanidine groups is 1. The molecule has 0 aliphatic carbocycles. The molecule has 1 saturated heterocycles. The van der Waals surface area contributed by atoms with E-state index < -0.39 is 0 Å². The van der Waals surface area contributed by atoms with Gasteiger partial charge in [-0.3, -0.25) is 14.7 Å². The predicted molar refractivity (Wildman–Crippen MR) is 131 cm³/mol. The first-order valence-electron chi connectivity index (χ1n) is 10.4. The lowest BCUT2D eigenvalue weighted by Gasteiger charge is -2.36. The largest absolute Gasteiger partial charge is 0.459 e. The summed E-state index contributed by atoms with van der Waals surface area (Å²) in [5.41, 5.74) is 1.48. The normalized spacial score (nSPS) is 17.4. The Bertz CT molecular complexity index is 830. The fourth-order valence-corrected chi connectivity index (χ4v) is 4.79. The second-order valence-corrected chi connectivity index (χ2v) is 8.39. The Morgan fingerprint density at radius 2 is 2.00 bits per heavy atom. The fourth-order valence-electron chi connectivity index (χ4n) is 3.90. The summed E-state index contributed by atoms with van der Waals surface area (Å²) in [5.74, 6) is 1.33. The van der Waals surface area contributed by atoms with Gasteiger partial charge in [0.2, 0.25) is 0 Å². The molecular formula is C21H30IN5O2S. The highest BCUT2D eigenvalue weighted by Gasteiger charge is 2.25. The number of furan rings is 1. The summed E-state index contributed by atoms with van der Waals surface area (Å²) in [5, 5.41) is 5.61. The van der Waals surface area contributed by atoms with E-state index in [1.54, 1.807) is 23.3 Å².